The van der Waals surface area contributed by atoms with E-state index in [0.29, 0.717) is 6.04 Å². The van der Waals surface area contributed by atoms with E-state index in [2.05, 4.69) is 39.1 Å². The fourth-order valence-corrected chi connectivity index (χ4v) is 3.56. The summed E-state index contributed by atoms with van der Waals surface area (Å²) in [5.41, 5.74) is 1.41. The summed E-state index contributed by atoms with van der Waals surface area (Å²) in [5, 5.41) is 3.59. The summed E-state index contributed by atoms with van der Waals surface area (Å²) in [6.07, 6.45) is 25.4. The first-order chi connectivity index (χ1) is 12.2. The Bertz CT molecular complexity index is 278. The zero-order chi connectivity index (χ0) is 18.6. The third-order valence-corrected chi connectivity index (χ3v) is 5.08. The Morgan fingerprint density at radius 3 is 1.36 bits per heavy atom. The maximum atomic E-state index is 3.59. The molecule has 1 unspecified atom stereocenters. The lowest BCUT2D eigenvalue weighted by Crippen LogP contribution is -2.25. The van der Waals surface area contributed by atoms with E-state index >= 15 is 0 Å². The van der Waals surface area contributed by atoms with Gasteiger partial charge in [-0.1, -0.05) is 115 Å². The molecule has 0 radical (unpaired) electrons. The van der Waals surface area contributed by atoms with Crippen molar-refractivity contribution in [1.82, 2.24) is 5.32 Å². The van der Waals surface area contributed by atoms with Crippen molar-refractivity contribution in [2.45, 2.75) is 136 Å². The molecule has 1 nitrogen and oxygen atoms in total. The fourth-order valence-electron chi connectivity index (χ4n) is 3.56. The maximum absolute atomic E-state index is 3.59. The third kappa shape index (κ3) is 21.7. The monoisotopic (exact) mass is 351 g/mol. The predicted molar refractivity (Wildman–Crippen MR) is 116 cm³/mol. The van der Waals surface area contributed by atoms with E-state index in [1.54, 1.807) is 0 Å². The highest BCUT2D eigenvalue weighted by Crippen LogP contribution is 2.13. The largest absolute Gasteiger partial charge is 0.311 e. The van der Waals surface area contributed by atoms with Crippen molar-refractivity contribution in [3.63, 3.8) is 0 Å². The molecule has 0 saturated carbocycles. The lowest BCUT2D eigenvalue weighted by molar-refractivity contribution is 0.521. The summed E-state index contributed by atoms with van der Waals surface area (Å²) in [7, 11) is 0. The van der Waals surface area contributed by atoms with Crippen LogP contribution in [0.15, 0.2) is 11.6 Å². The van der Waals surface area contributed by atoms with Gasteiger partial charge in [-0.05, 0) is 33.7 Å². The van der Waals surface area contributed by atoms with E-state index in [1.807, 2.05) is 0 Å². The Labute approximate surface area is 160 Å². The van der Waals surface area contributed by atoms with E-state index in [-0.39, 0.29) is 0 Å². The molecule has 0 aliphatic heterocycles. The van der Waals surface area contributed by atoms with Crippen molar-refractivity contribution in [2.24, 2.45) is 0 Å². The van der Waals surface area contributed by atoms with Gasteiger partial charge in [0, 0.05) is 6.04 Å². The number of hydrogen-bond acceptors (Lipinski definition) is 1. The SMILES string of the molecule is CCCCCCCCCCCCCCCCCCNC(C)C=C(C)C. The normalized spacial score (nSPS) is 12.3. The quantitative estimate of drug-likeness (QED) is 0.183. The van der Waals surface area contributed by atoms with Gasteiger partial charge in [-0.3, -0.25) is 0 Å². The van der Waals surface area contributed by atoms with Gasteiger partial charge in [0.15, 0.2) is 0 Å². The predicted octanol–water partition coefficient (Wildman–Crippen LogP) is 8.19. The molecule has 1 N–H and O–H groups in total. The van der Waals surface area contributed by atoms with Crippen LogP contribution >= 0.6 is 0 Å². The van der Waals surface area contributed by atoms with Crippen molar-refractivity contribution < 1.29 is 0 Å². The molecule has 0 aromatic rings. The Balaban J connectivity index is 3.08. The lowest BCUT2D eigenvalue weighted by atomic mass is 10.0. The van der Waals surface area contributed by atoms with E-state index in [9.17, 15) is 0 Å². The first kappa shape index (κ1) is 24.7. The molecule has 0 aromatic carbocycles. The van der Waals surface area contributed by atoms with Gasteiger partial charge >= 0.3 is 0 Å². The number of nitrogens with one attached hydrogen (secondary N) is 1. The highest BCUT2D eigenvalue weighted by atomic mass is 14.9. The number of allylic oxidation sites excluding steroid dienone is 1. The second-order valence-corrected chi connectivity index (χ2v) is 8.29. The summed E-state index contributed by atoms with van der Waals surface area (Å²) >= 11 is 0. The number of hydrogen-bond donors (Lipinski definition) is 1. The zero-order valence-electron chi connectivity index (χ0n) is 18.2. The molecule has 0 rings (SSSR count). The molecule has 0 heterocycles. The summed E-state index contributed by atoms with van der Waals surface area (Å²) < 4.78 is 0. The van der Waals surface area contributed by atoms with Crippen LogP contribution in [-0.2, 0) is 0 Å². The van der Waals surface area contributed by atoms with E-state index < -0.39 is 0 Å². The van der Waals surface area contributed by atoms with Crippen LogP contribution in [0.3, 0.4) is 0 Å². The molecule has 0 amide bonds. The standard InChI is InChI=1S/C24H49N/c1-5-6-7-8-9-10-11-12-13-14-15-16-17-18-19-20-21-25-24(4)22-23(2)3/h22,24-25H,5-21H2,1-4H3. The first-order valence-electron chi connectivity index (χ1n) is 11.5. The summed E-state index contributed by atoms with van der Waals surface area (Å²) in [6.45, 7) is 10.1. The minimum Gasteiger partial charge on any atom is -0.311 e. The molecule has 0 spiro atoms. The lowest BCUT2D eigenvalue weighted by Gasteiger charge is -2.10. The molecule has 0 bridgehead atoms. The average Bonchev–Trinajstić information content (AvgIpc) is 2.57. The van der Waals surface area contributed by atoms with Gasteiger partial charge < -0.3 is 5.32 Å². The third-order valence-electron chi connectivity index (χ3n) is 5.08. The average molecular weight is 352 g/mol. The van der Waals surface area contributed by atoms with E-state index in [4.69, 9.17) is 0 Å². The molecule has 0 saturated heterocycles. The van der Waals surface area contributed by atoms with Gasteiger partial charge in [-0.2, -0.15) is 0 Å². The van der Waals surface area contributed by atoms with Crippen molar-refractivity contribution in [3.8, 4) is 0 Å². The molecule has 1 heteroatoms. The fraction of sp³-hybridized carbons (Fsp3) is 0.917. The van der Waals surface area contributed by atoms with Gasteiger partial charge in [-0.15, -0.1) is 0 Å². The van der Waals surface area contributed by atoms with Crippen molar-refractivity contribution in [3.05, 3.63) is 11.6 Å². The topological polar surface area (TPSA) is 12.0 Å². The summed E-state index contributed by atoms with van der Waals surface area (Å²) in [4.78, 5) is 0. The van der Waals surface area contributed by atoms with Gasteiger partial charge in [0.1, 0.15) is 0 Å². The van der Waals surface area contributed by atoms with Crippen molar-refractivity contribution >= 4 is 0 Å². The van der Waals surface area contributed by atoms with Crippen molar-refractivity contribution in [1.29, 1.82) is 0 Å². The van der Waals surface area contributed by atoms with Crippen molar-refractivity contribution in [2.75, 3.05) is 6.54 Å². The molecule has 0 aliphatic carbocycles. The van der Waals surface area contributed by atoms with Crippen LogP contribution in [0, 0.1) is 0 Å². The van der Waals surface area contributed by atoms with Crippen LogP contribution in [0.4, 0.5) is 0 Å². The minimum atomic E-state index is 0.529. The second-order valence-electron chi connectivity index (χ2n) is 8.29. The van der Waals surface area contributed by atoms with Crippen LogP contribution in [0.2, 0.25) is 0 Å². The van der Waals surface area contributed by atoms with Gasteiger partial charge in [0.25, 0.3) is 0 Å². The summed E-state index contributed by atoms with van der Waals surface area (Å²) in [6, 6.07) is 0.529. The molecular weight excluding hydrogens is 302 g/mol. The second kappa shape index (κ2) is 20.0. The molecule has 25 heavy (non-hydrogen) atoms. The maximum Gasteiger partial charge on any atom is 0.0224 e. The molecule has 150 valence electrons. The van der Waals surface area contributed by atoms with Gasteiger partial charge in [0.2, 0.25) is 0 Å². The Hall–Kier alpha value is -0.300. The highest BCUT2D eigenvalue weighted by Gasteiger charge is 1.97. The van der Waals surface area contributed by atoms with Crippen LogP contribution in [0.25, 0.3) is 0 Å². The molecule has 0 aliphatic rings. The van der Waals surface area contributed by atoms with Crippen LogP contribution < -0.4 is 5.32 Å². The number of unbranched alkanes of at least 4 members (excludes halogenated alkanes) is 15. The Morgan fingerprint density at radius 1 is 0.640 bits per heavy atom. The first-order valence-corrected chi connectivity index (χ1v) is 11.5. The molecule has 1 atom stereocenters. The molecular formula is C24H49N. The Kier molecular flexibility index (Phi) is 19.8. The summed E-state index contributed by atoms with van der Waals surface area (Å²) in [5.74, 6) is 0. The van der Waals surface area contributed by atoms with Crippen LogP contribution in [0.5, 0.6) is 0 Å². The van der Waals surface area contributed by atoms with Gasteiger partial charge in [0.05, 0.1) is 0 Å². The zero-order valence-corrected chi connectivity index (χ0v) is 18.2. The smallest absolute Gasteiger partial charge is 0.0224 e. The highest BCUT2D eigenvalue weighted by molar-refractivity contribution is 4.99. The minimum absolute atomic E-state index is 0.529. The Morgan fingerprint density at radius 2 is 1.00 bits per heavy atom. The van der Waals surface area contributed by atoms with Gasteiger partial charge in [-0.25, -0.2) is 0 Å². The van der Waals surface area contributed by atoms with E-state index in [1.165, 1.54) is 115 Å². The number of rotatable bonds is 19. The van der Waals surface area contributed by atoms with Crippen LogP contribution in [0.1, 0.15) is 130 Å². The van der Waals surface area contributed by atoms with E-state index in [0.717, 1.165) is 0 Å². The van der Waals surface area contributed by atoms with Crippen LogP contribution in [-0.4, -0.2) is 12.6 Å². The molecule has 0 fully saturated rings. The molecule has 0 aromatic heterocycles.